The number of ether oxygens (including phenoxy) is 2. The summed E-state index contributed by atoms with van der Waals surface area (Å²) in [6.07, 6.45) is 3.57. The van der Waals surface area contributed by atoms with Gasteiger partial charge in [0.25, 0.3) is 5.56 Å². The lowest BCUT2D eigenvalue weighted by atomic mass is 10.1. The molecule has 0 saturated heterocycles. The summed E-state index contributed by atoms with van der Waals surface area (Å²) < 4.78 is 12.0. The molecule has 0 unspecified atom stereocenters. The number of carbonyl (C=O) groups is 1. The van der Waals surface area contributed by atoms with Crippen molar-refractivity contribution in [3.05, 3.63) is 76.5 Å². The monoisotopic (exact) mass is 417 g/mol. The van der Waals surface area contributed by atoms with Crippen molar-refractivity contribution >= 4 is 11.6 Å². The molecule has 0 fully saturated rings. The average molecular weight is 417 g/mol. The summed E-state index contributed by atoms with van der Waals surface area (Å²) in [6.45, 7) is 1.98. The maximum Gasteiger partial charge on any atom is 0.272 e. The Hall–Kier alpha value is -4.14. The molecule has 0 radical (unpaired) electrons. The zero-order chi connectivity index (χ0) is 21.4. The number of nitrogens with one attached hydrogen (secondary N) is 2. The van der Waals surface area contributed by atoms with Gasteiger partial charge in [0.05, 0.1) is 23.9 Å². The fraction of sp³-hybridized carbons (Fsp3) is 0.182. The van der Waals surface area contributed by atoms with E-state index in [1.807, 2.05) is 18.2 Å². The van der Waals surface area contributed by atoms with Crippen LogP contribution in [0.2, 0.25) is 0 Å². The number of rotatable bonds is 5. The molecule has 2 N–H and O–H groups in total. The highest BCUT2D eigenvalue weighted by Crippen LogP contribution is 2.32. The molecule has 0 aliphatic carbocycles. The molecule has 1 aromatic carbocycles. The van der Waals surface area contributed by atoms with Crippen LogP contribution in [-0.4, -0.2) is 32.3 Å². The van der Waals surface area contributed by atoms with Crippen LogP contribution in [0, 0.1) is 0 Å². The zero-order valence-electron chi connectivity index (χ0n) is 16.7. The number of hydrogen-bond acceptors (Lipinski definition) is 6. The number of fused-ring (bicyclic) bond motifs is 2. The number of pyridine rings is 1. The first-order valence-electron chi connectivity index (χ1n) is 9.78. The van der Waals surface area contributed by atoms with Gasteiger partial charge in [-0.15, -0.1) is 0 Å². The molecule has 156 valence electrons. The SMILES string of the molecule is C[C@H](NC(=O)Cc1ccc2c(c1)OCO2)c1cc(=O)n2[nH]c(-c3cccnc3)cc2n1. The van der Waals surface area contributed by atoms with Gasteiger partial charge in [0.2, 0.25) is 12.7 Å². The van der Waals surface area contributed by atoms with Gasteiger partial charge in [-0.3, -0.25) is 19.7 Å². The third-order valence-electron chi connectivity index (χ3n) is 5.07. The number of aromatic nitrogens is 4. The van der Waals surface area contributed by atoms with Crippen molar-refractivity contribution < 1.29 is 14.3 Å². The third-order valence-corrected chi connectivity index (χ3v) is 5.07. The first-order valence-corrected chi connectivity index (χ1v) is 9.78. The standard InChI is InChI=1S/C22H19N5O4/c1-13(24-21(28)8-14-4-5-18-19(7-14)31-12-30-18)16-10-22(29)27-20(25-16)9-17(26-27)15-3-2-6-23-11-15/h2-7,9-11,13,26H,8,12H2,1H3,(H,24,28)/t13-/m0/s1. The Morgan fingerprint density at radius 1 is 1.23 bits per heavy atom. The predicted molar refractivity (Wildman–Crippen MR) is 112 cm³/mol. The van der Waals surface area contributed by atoms with Gasteiger partial charge >= 0.3 is 0 Å². The molecule has 3 aromatic heterocycles. The largest absolute Gasteiger partial charge is 0.454 e. The van der Waals surface area contributed by atoms with Crippen LogP contribution in [0.3, 0.4) is 0 Å². The highest BCUT2D eigenvalue weighted by Gasteiger charge is 2.17. The lowest BCUT2D eigenvalue weighted by Gasteiger charge is -2.13. The Morgan fingerprint density at radius 3 is 2.94 bits per heavy atom. The maximum absolute atomic E-state index is 12.6. The van der Waals surface area contributed by atoms with Crippen molar-refractivity contribution in [3.8, 4) is 22.8 Å². The van der Waals surface area contributed by atoms with Crippen LogP contribution in [0.1, 0.15) is 24.2 Å². The number of nitrogens with zero attached hydrogens (tertiary/aromatic N) is 3. The highest BCUT2D eigenvalue weighted by atomic mass is 16.7. The first-order chi connectivity index (χ1) is 15.1. The lowest BCUT2D eigenvalue weighted by Crippen LogP contribution is -2.30. The summed E-state index contributed by atoms with van der Waals surface area (Å²) in [5.41, 5.74) is 3.09. The molecule has 4 heterocycles. The van der Waals surface area contributed by atoms with E-state index in [0.717, 1.165) is 16.8 Å². The van der Waals surface area contributed by atoms with E-state index >= 15 is 0 Å². The lowest BCUT2D eigenvalue weighted by molar-refractivity contribution is -0.121. The van der Waals surface area contributed by atoms with E-state index in [1.165, 1.54) is 10.6 Å². The van der Waals surface area contributed by atoms with Crippen molar-refractivity contribution in [1.29, 1.82) is 0 Å². The van der Waals surface area contributed by atoms with Crippen LogP contribution in [0.5, 0.6) is 11.5 Å². The number of benzene rings is 1. The van der Waals surface area contributed by atoms with E-state index in [2.05, 4.69) is 20.4 Å². The van der Waals surface area contributed by atoms with Gasteiger partial charge in [0, 0.05) is 30.1 Å². The molecule has 31 heavy (non-hydrogen) atoms. The van der Waals surface area contributed by atoms with Gasteiger partial charge in [-0.25, -0.2) is 9.50 Å². The minimum absolute atomic E-state index is 0.178. The van der Waals surface area contributed by atoms with Gasteiger partial charge in [-0.1, -0.05) is 6.07 Å². The summed E-state index contributed by atoms with van der Waals surface area (Å²) in [4.78, 5) is 33.7. The van der Waals surface area contributed by atoms with Crippen LogP contribution in [-0.2, 0) is 11.2 Å². The Bertz CT molecular complexity index is 1330. The van der Waals surface area contributed by atoms with Crippen molar-refractivity contribution in [2.24, 2.45) is 0 Å². The van der Waals surface area contributed by atoms with Crippen molar-refractivity contribution in [2.75, 3.05) is 6.79 Å². The minimum atomic E-state index is -0.434. The van der Waals surface area contributed by atoms with E-state index < -0.39 is 6.04 Å². The maximum atomic E-state index is 12.6. The van der Waals surface area contributed by atoms with Gasteiger partial charge < -0.3 is 14.8 Å². The summed E-state index contributed by atoms with van der Waals surface area (Å²) >= 11 is 0. The second kappa shape index (κ2) is 7.60. The molecular formula is C22H19N5O4. The smallest absolute Gasteiger partial charge is 0.272 e. The van der Waals surface area contributed by atoms with E-state index in [0.29, 0.717) is 22.8 Å². The van der Waals surface area contributed by atoms with Gasteiger partial charge in [0.15, 0.2) is 17.1 Å². The highest BCUT2D eigenvalue weighted by molar-refractivity contribution is 5.79. The average Bonchev–Trinajstić information content (AvgIpc) is 3.41. The van der Waals surface area contributed by atoms with Gasteiger partial charge in [-0.2, -0.15) is 0 Å². The summed E-state index contributed by atoms with van der Waals surface area (Å²) in [7, 11) is 0. The van der Waals surface area contributed by atoms with Crippen molar-refractivity contribution in [1.82, 2.24) is 24.9 Å². The van der Waals surface area contributed by atoms with Crippen LogP contribution >= 0.6 is 0 Å². The first kappa shape index (κ1) is 18.9. The second-order valence-corrected chi connectivity index (χ2v) is 7.28. The number of aromatic amines is 1. The Kier molecular flexibility index (Phi) is 4.62. The molecule has 5 rings (SSSR count). The fourth-order valence-electron chi connectivity index (χ4n) is 3.50. The molecule has 9 heteroatoms. The number of H-pyrrole nitrogens is 1. The van der Waals surface area contributed by atoms with Crippen molar-refractivity contribution in [3.63, 3.8) is 0 Å². The predicted octanol–water partition coefficient (Wildman–Crippen LogP) is 2.23. The van der Waals surface area contributed by atoms with Gasteiger partial charge in [0.1, 0.15) is 0 Å². The van der Waals surface area contributed by atoms with Crippen molar-refractivity contribution in [2.45, 2.75) is 19.4 Å². The minimum Gasteiger partial charge on any atom is -0.454 e. The Labute approximate surface area is 176 Å². The molecule has 0 saturated carbocycles. The van der Waals surface area contributed by atoms with Crippen LogP contribution in [0.4, 0.5) is 0 Å². The Balaban J connectivity index is 1.34. The van der Waals surface area contributed by atoms with E-state index in [1.54, 1.807) is 37.5 Å². The number of hydrogen-bond donors (Lipinski definition) is 2. The molecular weight excluding hydrogens is 398 g/mol. The normalized spacial score (nSPS) is 13.3. The molecule has 0 spiro atoms. The molecule has 0 bridgehead atoms. The fourth-order valence-corrected chi connectivity index (χ4v) is 3.50. The summed E-state index contributed by atoms with van der Waals surface area (Å²) in [5, 5.41) is 5.93. The molecule has 1 atom stereocenters. The van der Waals surface area contributed by atoms with Crippen LogP contribution in [0.25, 0.3) is 16.9 Å². The zero-order valence-corrected chi connectivity index (χ0v) is 16.7. The quantitative estimate of drug-likeness (QED) is 0.515. The third kappa shape index (κ3) is 3.73. The van der Waals surface area contributed by atoms with E-state index in [4.69, 9.17) is 9.47 Å². The second-order valence-electron chi connectivity index (χ2n) is 7.28. The van der Waals surface area contributed by atoms with E-state index in [-0.39, 0.29) is 24.7 Å². The number of amides is 1. The molecule has 1 aliphatic rings. The van der Waals surface area contributed by atoms with Crippen LogP contribution < -0.4 is 20.3 Å². The molecule has 1 amide bonds. The molecule has 1 aliphatic heterocycles. The van der Waals surface area contributed by atoms with Crippen LogP contribution in [0.15, 0.2) is 59.7 Å². The number of carbonyl (C=O) groups excluding carboxylic acids is 1. The summed E-state index contributed by atoms with van der Waals surface area (Å²) in [6, 6.07) is 11.9. The van der Waals surface area contributed by atoms with Gasteiger partial charge in [-0.05, 0) is 36.8 Å². The topological polar surface area (TPSA) is 111 Å². The Morgan fingerprint density at radius 2 is 2.10 bits per heavy atom. The molecule has 4 aromatic rings. The summed E-state index contributed by atoms with van der Waals surface area (Å²) in [5.74, 6) is 1.13. The molecule has 9 nitrogen and oxygen atoms in total. The van der Waals surface area contributed by atoms with E-state index in [9.17, 15) is 9.59 Å².